The third-order valence-electron chi connectivity index (χ3n) is 3.44. The third-order valence-corrected chi connectivity index (χ3v) is 3.44. The molecular weight excluding hydrogens is 349 g/mol. The van der Waals surface area contributed by atoms with Crippen molar-refractivity contribution in [3.8, 4) is 0 Å². The number of carbonyl (C=O) groups is 2. The first-order chi connectivity index (χ1) is 12.3. The average Bonchev–Trinajstić information content (AvgIpc) is 2.61. The summed E-state index contributed by atoms with van der Waals surface area (Å²) in [5.74, 6) is -0.906. The molecule has 0 fully saturated rings. The van der Waals surface area contributed by atoms with Gasteiger partial charge in [0.05, 0.1) is 18.2 Å². The molecule has 0 heterocycles. The van der Waals surface area contributed by atoms with E-state index < -0.39 is 23.6 Å². The molecule has 138 valence electrons. The molecule has 2 rings (SSSR count). The number of hydrogen-bond donors (Lipinski definition) is 2. The Balaban J connectivity index is 1.87. The highest BCUT2D eigenvalue weighted by atomic mass is 19.4. The van der Waals surface area contributed by atoms with E-state index in [1.54, 1.807) is 24.3 Å². The lowest BCUT2D eigenvalue weighted by atomic mass is 10.2. The Kier molecular flexibility index (Phi) is 6.21. The number of amides is 1. The van der Waals surface area contributed by atoms with E-state index in [1.165, 1.54) is 19.2 Å². The number of anilines is 2. The number of methoxy groups -OCH3 is 1. The van der Waals surface area contributed by atoms with Crippen LogP contribution in [-0.2, 0) is 15.7 Å². The summed E-state index contributed by atoms with van der Waals surface area (Å²) in [6, 6.07) is 11.0. The molecule has 0 spiro atoms. The van der Waals surface area contributed by atoms with Gasteiger partial charge in [0.25, 0.3) is 0 Å². The van der Waals surface area contributed by atoms with E-state index in [0.29, 0.717) is 11.3 Å². The van der Waals surface area contributed by atoms with Gasteiger partial charge in [-0.05, 0) is 36.4 Å². The van der Waals surface area contributed by atoms with Crippen LogP contribution in [-0.4, -0.2) is 25.5 Å². The number of rotatable bonds is 6. The van der Waals surface area contributed by atoms with Crippen molar-refractivity contribution in [3.05, 3.63) is 59.7 Å². The van der Waals surface area contributed by atoms with Crippen molar-refractivity contribution in [3.63, 3.8) is 0 Å². The maximum Gasteiger partial charge on any atom is 0.416 e. The predicted molar refractivity (Wildman–Crippen MR) is 91.0 cm³/mol. The average molecular weight is 366 g/mol. The molecule has 0 aliphatic rings. The van der Waals surface area contributed by atoms with Gasteiger partial charge in [0, 0.05) is 24.3 Å². The number of esters is 1. The predicted octanol–water partition coefficient (Wildman–Crippen LogP) is 3.93. The summed E-state index contributed by atoms with van der Waals surface area (Å²) < 4.78 is 42.6. The van der Waals surface area contributed by atoms with Gasteiger partial charge in [-0.3, -0.25) is 4.79 Å². The Morgan fingerprint density at radius 3 is 2.42 bits per heavy atom. The Bertz CT molecular complexity index is 791. The van der Waals surface area contributed by atoms with Crippen LogP contribution in [0.4, 0.5) is 24.5 Å². The first kappa shape index (κ1) is 19.3. The summed E-state index contributed by atoms with van der Waals surface area (Å²) in [7, 11) is 1.28. The monoisotopic (exact) mass is 366 g/mol. The molecule has 0 atom stereocenters. The summed E-state index contributed by atoms with van der Waals surface area (Å²) in [6.07, 6.45) is -4.42. The van der Waals surface area contributed by atoms with Gasteiger partial charge in [-0.1, -0.05) is 12.1 Å². The molecule has 5 nitrogen and oxygen atoms in total. The van der Waals surface area contributed by atoms with Crippen molar-refractivity contribution < 1.29 is 27.5 Å². The van der Waals surface area contributed by atoms with Crippen molar-refractivity contribution in [1.82, 2.24) is 0 Å². The quantitative estimate of drug-likeness (QED) is 0.760. The summed E-state index contributed by atoms with van der Waals surface area (Å²) in [5, 5.41) is 5.39. The van der Waals surface area contributed by atoms with Gasteiger partial charge in [0.1, 0.15) is 0 Å². The SMILES string of the molecule is COC(=O)c1cccc(NCCC(=O)Nc2cccc(C(F)(F)F)c2)c1. The van der Waals surface area contributed by atoms with Crippen molar-refractivity contribution in [1.29, 1.82) is 0 Å². The zero-order valence-corrected chi connectivity index (χ0v) is 13.9. The lowest BCUT2D eigenvalue weighted by molar-refractivity contribution is -0.137. The number of benzene rings is 2. The summed E-state index contributed by atoms with van der Waals surface area (Å²) >= 11 is 0. The van der Waals surface area contributed by atoms with Crippen LogP contribution in [0.1, 0.15) is 22.3 Å². The van der Waals surface area contributed by atoms with Crippen LogP contribution in [0.25, 0.3) is 0 Å². The van der Waals surface area contributed by atoms with Crippen molar-refractivity contribution in [2.24, 2.45) is 0 Å². The smallest absolute Gasteiger partial charge is 0.416 e. The normalized spacial score (nSPS) is 10.9. The Morgan fingerprint density at radius 2 is 1.73 bits per heavy atom. The Morgan fingerprint density at radius 1 is 1.04 bits per heavy atom. The van der Waals surface area contributed by atoms with Crippen LogP contribution < -0.4 is 10.6 Å². The Hall–Kier alpha value is -3.03. The van der Waals surface area contributed by atoms with Gasteiger partial charge >= 0.3 is 12.1 Å². The van der Waals surface area contributed by atoms with Crippen LogP contribution in [0.5, 0.6) is 0 Å². The molecule has 2 aromatic carbocycles. The number of nitrogens with one attached hydrogen (secondary N) is 2. The van der Waals surface area contributed by atoms with E-state index in [1.807, 2.05) is 0 Å². The Labute approximate surface area is 148 Å². The minimum atomic E-state index is -4.47. The maximum atomic E-state index is 12.7. The van der Waals surface area contributed by atoms with E-state index in [-0.39, 0.29) is 18.7 Å². The zero-order valence-electron chi connectivity index (χ0n) is 13.9. The first-order valence-electron chi connectivity index (χ1n) is 7.69. The van der Waals surface area contributed by atoms with Crippen molar-refractivity contribution in [2.75, 3.05) is 24.3 Å². The molecule has 26 heavy (non-hydrogen) atoms. The van der Waals surface area contributed by atoms with Gasteiger partial charge in [0.15, 0.2) is 0 Å². The minimum absolute atomic E-state index is 0.0404. The van der Waals surface area contributed by atoms with E-state index >= 15 is 0 Å². The fourth-order valence-corrected chi connectivity index (χ4v) is 2.19. The molecule has 2 N–H and O–H groups in total. The molecule has 0 bridgehead atoms. The van der Waals surface area contributed by atoms with Crippen molar-refractivity contribution >= 4 is 23.3 Å². The molecule has 2 aromatic rings. The highest BCUT2D eigenvalue weighted by Gasteiger charge is 2.30. The summed E-state index contributed by atoms with van der Waals surface area (Å²) in [5.41, 5.74) is 0.247. The van der Waals surface area contributed by atoms with Gasteiger partial charge in [0.2, 0.25) is 5.91 Å². The fraction of sp³-hybridized carbons (Fsp3) is 0.222. The van der Waals surface area contributed by atoms with Crippen LogP contribution in [0.15, 0.2) is 48.5 Å². The lowest BCUT2D eigenvalue weighted by Crippen LogP contribution is -2.17. The number of carbonyl (C=O) groups excluding carboxylic acids is 2. The molecule has 0 aromatic heterocycles. The summed E-state index contributed by atoms with van der Waals surface area (Å²) in [6.45, 7) is 0.245. The number of alkyl halides is 3. The lowest BCUT2D eigenvalue weighted by Gasteiger charge is -2.11. The second-order valence-electron chi connectivity index (χ2n) is 5.38. The first-order valence-corrected chi connectivity index (χ1v) is 7.69. The number of ether oxygens (including phenoxy) is 1. The standard InChI is InChI=1S/C18H17F3N2O3/c1-26-17(25)12-4-2-6-14(10-12)22-9-8-16(24)23-15-7-3-5-13(11-15)18(19,20)21/h2-7,10-11,22H,8-9H2,1H3,(H,23,24). The van der Waals surface area contributed by atoms with Gasteiger partial charge in [-0.2, -0.15) is 13.2 Å². The largest absolute Gasteiger partial charge is 0.465 e. The van der Waals surface area contributed by atoms with E-state index in [2.05, 4.69) is 15.4 Å². The van der Waals surface area contributed by atoms with Gasteiger partial charge in [-0.15, -0.1) is 0 Å². The number of halogens is 3. The van der Waals surface area contributed by atoms with Crippen molar-refractivity contribution in [2.45, 2.75) is 12.6 Å². The molecule has 0 unspecified atom stereocenters. The number of hydrogen-bond acceptors (Lipinski definition) is 4. The molecule has 0 radical (unpaired) electrons. The van der Waals surface area contributed by atoms with E-state index in [0.717, 1.165) is 12.1 Å². The molecule has 0 saturated heterocycles. The van der Waals surface area contributed by atoms with Crippen LogP contribution in [0.3, 0.4) is 0 Å². The minimum Gasteiger partial charge on any atom is -0.465 e. The molecule has 0 aliphatic carbocycles. The maximum absolute atomic E-state index is 12.7. The molecule has 8 heteroatoms. The fourth-order valence-electron chi connectivity index (χ4n) is 2.19. The summed E-state index contributed by atoms with van der Waals surface area (Å²) in [4.78, 5) is 23.3. The van der Waals surface area contributed by atoms with Crippen LogP contribution in [0.2, 0.25) is 0 Å². The second-order valence-corrected chi connectivity index (χ2v) is 5.38. The molecule has 0 saturated carbocycles. The molecule has 0 aliphatic heterocycles. The van der Waals surface area contributed by atoms with Crippen LogP contribution >= 0.6 is 0 Å². The zero-order chi connectivity index (χ0) is 19.2. The highest BCUT2D eigenvalue weighted by Crippen LogP contribution is 2.30. The van der Waals surface area contributed by atoms with Gasteiger partial charge in [-0.25, -0.2) is 4.79 Å². The van der Waals surface area contributed by atoms with Crippen LogP contribution in [0, 0.1) is 0 Å². The van der Waals surface area contributed by atoms with E-state index in [4.69, 9.17) is 0 Å². The topological polar surface area (TPSA) is 67.4 Å². The third kappa shape index (κ3) is 5.51. The highest BCUT2D eigenvalue weighted by molar-refractivity contribution is 5.91. The molecular formula is C18H17F3N2O3. The molecule has 1 amide bonds. The van der Waals surface area contributed by atoms with Gasteiger partial charge < -0.3 is 15.4 Å². The second kappa shape index (κ2) is 8.37. The van der Waals surface area contributed by atoms with E-state index in [9.17, 15) is 22.8 Å².